The Balaban J connectivity index is 0.00000288. The molecule has 2 N–H and O–H groups in total. The van der Waals surface area contributed by atoms with Gasteiger partial charge in [-0.3, -0.25) is 0 Å². The van der Waals surface area contributed by atoms with Crippen LogP contribution in [0, 0.1) is 22.6 Å². The Bertz CT molecular complexity index is 695. The van der Waals surface area contributed by atoms with Crippen molar-refractivity contribution in [1.82, 2.24) is 10.0 Å². The van der Waals surface area contributed by atoms with Gasteiger partial charge in [0.15, 0.2) is 0 Å². The lowest BCUT2D eigenvalue weighted by Crippen LogP contribution is -2.47. The number of sulfonamides is 1. The fourth-order valence-electron chi connectivity index (χ4n) is 2.72. The molecule has 1 saturated heterocycles. The minimum absolute atomic E-state index is 0. The molecule has 1 fully saturated rings. The minimum Gasteiger partial charge on any atom is -0.384 e. The lowest BCUT2D eigenvalue weighted by Gasteiger charge is -2.37. The van der Waals surface area contributed by atoms with Gasteiger partial charge in [0.25, 0.3) is 0 Å². The number of methoxy groups -OCH3 is 1. The van der Waals surface area contributed by atoms with Crippen LogP contribution in [0.15, 0.2) is 23.1 Å². The monoisotopic (exact) mass is 377 g/mol. The quantitative estimate of drug-likeness (QED) is 0.782. The molecule has 2 rings (SSSR count). The summed E-state index contributed by atoms with van der Waals surface area (Å²) in [6, 6.07) is 4.84. The third-order valence-electron chi connectivity index (χ3n) is 4.12. The van der Waals surface area contributed by atoms with E-state index in [0.717, 1.165) is 44.1 Å². The molecule has 0 radical (unpaired) electrons. The number of piperidine rings is 1. The van der Waals surface area contributed by atoms with Crippen molar-refractivity contribution in [3.8, 4) is 6.07 Å². The van der Waals surface area contributed by atoms with E-state index in [4.69, 9.17) is 10.00 Å². The van der Waals surface area contributed by atoms with E-state index in [1.165, 1.54) is 0 Å². The highest BCUT2D eigenvalue weighted by atomic mass is 35.5. The van der Waals surface area contributed by atoms with Crippen LogP contribution in [0.1, 0.15) is 18.4 Å². The van der Waals surface area contributed by atoms with E-state index in [1.807, 2.05) is 0 Å². The molecule has 1 aromatic carbocycles. The molecule has 1 aliphatic heterocycles. The average molecular weight is 378 g/mol. The van der Waals surface area contributed by atoms with Gasteiger partial charge in [0, 0.05) is 19.1 Å². The molecule has 0 spiro atoms. The second-order valence-corrected chi connectivity index (χ2v) is 7.53. The van der Waals surface area contributed by atoms with Crippen molar-refractivity contribution in [2.75, 3.05) is 33.4 Å². The van der Waals surface area contributed by atoms with E-state index in [1.54, 1.807) is 13.2 Å². The Morgan fingerprint density at radius 3 is 2.67 bits per heavy atom. The summed E-state index contributed by atoms with van der Waals surface area (Å²) >= 11 is 0. The first kappa shape index (κ1) is 20.8. The lowest BCUT2D eigenvalue weighted by molar-refractivity contribution is 0.0577. The summed E-state index contributed by atoms with van der Waals surface area (Å²) in [5.74, 6) is -0.736. The van der Waals surface area contributed by atoms with Crippen molar-refractivity contribution < 1.29 is 17.5 Å². The number of benzene rings is 1. The van der Waals surface area contributed by atoms with Crippen molar-refractivity contribution in [2.24, 2.45) is 5.41 Å². The highest BCUT2D eigenvalue weighted by molar-refractivity contribution is 7.89. The summed E-state index contributed by atoms with van der Waals surface area (Å²) in [7, 11) is -2.21. The van der Waals surface area contributed by atoms with Crippen LogP contribution < -0.4 is 10.0 Å². The summed E-state index contributed by atoms with van der Waals surface area (Å²) in [5, 5.41) is 12.1. The molecule has 0 unspecified atom stereocenters. The molecule has 6 nitrogen and oxygen atoms in total. The molecule has 0 amide bonds. The van der Waals surface area contributed by atoms with Crippen LogP contribution in [0.25, 0.3) is 0 Å². The van der Waals surface area contributed by atoms with Gasteiger partial charge in [-0.05, 0) is 44.1 Å². The molecule has 1 aliphatic rings. The topological polar surface area (TPSA) is 91.2 Å². The number of ether oxygens (including phenoxy) is 1. The Morgan fingerprint density at radius 1 is 1.42 bits per heavy atom. The fraction of sp³-hybridized carbons (Fsp3) is 0.533. The first-order valence-electron chi connectivity index (χ1n) is 7.31. The van der Waals surface area contributed by atoms with Gasteiger partial charge < -0.3 is 10.1 Å². The number of hydrogen-bond donors (Lipinski definition) is 2. The van der Waals surface area contributed by atoms with Crippen LogP contribution in [0.3, 0.4) is 0 Å². The number of nitriles is 1. The molecule has 9 heteroatoms. The van der Waals surface area contributed by atoms with Gasteiger partial charge in [0.05, 0.1) is 17.1 Å². The number of nitrogens with one attached hydrogen (secondary N) is 2. The molecule has 0 aliphatic carbocycles. The first-order valence-corrected chi connectivity index (χ1v) is 8.80. The zero-order valence-electron chi connectivity index (χ0n) is 13.3. The largest absolute Gasteiger partial charge is 0.384 e. The van der Waals surface area contributed by atoms with Gasteiger partial charge in [-0.15, -0.1) is 12.4 Å². The molecular weight excluding hydrogens is 357 g/mol. The van der Waals surface area contributed by atoms with Gasteiger partial charge in [-0.25, -0.2) is 17.5 Å². The first-order chi connectivity index (χ1) is 10.9. The maximum Gasteiger partial charge on any atom is 0.240 e. The predicted molar refractivity (Wildman–Crippen MR) is 90.0 cm³/mol. The molecular formula is C15H21ClFN3O3S. The average Bonchev–Trinajstić information content (AvgIpc) is 2.55. The van der Waals surface area contributed by atoms with E-state index in [2.05, 4.69) is 10.0 Å². The third-order valence-corrected chi connectivity index (χ3v) is 5.52. The van der Waals surface area contributed by atoms with Gasteiger partial charge >= 0.3 is 0 Å². The van der Waals surface area contributed by atoms with E-state index < -0.39 is 15.8 Å². The van der Waals surface area contributed by atoms with Crippen molar-refractivity contribution in [2.45, 2.75) is 17.7 Å². The number of halogens is 2. The van der Waals surface area contributed by atoms with Crippen LogP contribution in [0.5, 0.6) is 0 Å². The lowest BCUT2D eigenvalue weighted by atomic mass is 9.80. The Labute approximate surface area is 147 Å². The Morgan fingerprint density at radius 2 is 2.08 bits per heavy atom. The predicted octanol–water partition coefficient (Wildman–Crippen LogP) is 1.41. The summed E-state index contributed by atoms with van der Waals surface area (Å²) in [6.07, 6.45) is 1.60. The second-order valence-electron chi connectivity index (χ2n) is 5.76. The molecule has 1 heterocycles. The summed E-state index contributed by atoms with van der Waals surface area (Å²) in [6.45, 7) is 2.31. The summed E-state index contributed by atoms with van der Waals surface area (Å²) in [5.41, 5.74) is -0.549. The van der Waals surface area contributed by atoms with E-state index in [-0.39, 0.29) is 34.8 Å². The van der Waals surface area contributed by atoms with Crippen molar-refractivity contribution in [3.63, 3.8) is 0 Å². The molecule has 24 heavy (non-hydrogen) atoms. The van der Waals surface area contributed by atoms with Crippen molar-refractivity contribution in [3.05, 3.63) is 29.6 Å². The SMILES string of the molecule is COCC1(CNS(=O)(=O)c2ccc(F)c(C#N)c2)CCNCC1.Cl. The van der Waals surface area contributed by atoms with Crippen LogP contribution >= 0.6 is 12.4 Å². The van der Waals surface area contributed by atoms with Gasteiger partial charge in [-0.1, -0.05) is 0 Å². The van der Waals surface area contributed by atoms with Crippen LogP contribution in [0.2, 0.25) is 0 Å². The zero-order valence-corrected chi connectivity index (χ0v) is 15.0. The van der Waals surface area contributed by atoms with E-state index in [0.29, 0.717) is 6.61 Å². The minimum atomic E-state index is -3.81. The fourth-order valence-corrected chi connectivity index (χ4v) is 3.91. The van der Waals surface area contributed by atoms with E-state index in [9.17, 15) is 12.8 Å². The summed E-state index contributed by atoms with van der Waals surface area (Å²) in [4.78, 5) is -0.114. The second kappa shape index (κ2) is 8.74. The van der Waals surface area contributed by atoms with Crippen LogP contribution in [0.4, 0.5) is 4.39 Å². The van der Waals surface area contributed by atoms with Crippen molar-refractivity contribution in [1.29, 1.82) is 5.26 Å². The standard InChI is InChI=1S/C15H20FN3O3S.ClH/c1-22-11-15(4-6-18-7-5-15)10-19-23(20,21)13-2-3-14(16)12(8-13)9-17;/h2-3,8,18-19H,4-7,10-11H2,1H3;1H. The normalized spacial score (nSPS) is 16.9. The number of rotatable bonds is 6. The van der Waals surface area contributed by atoms with E-state index >= 15 is 0 Å². The molecule has 1 aromatic rings. The molecule has 134 valence electrons. The maximum atomic E-state index is 13.3. The highest BCUT2D eigenvalue weighted by Gasteiger charge is 2.33. The van der Waals surface area contributed by atoms with Gasteiger partial charge in [-0.2, -0.15) is 5.26 Å². The maximum absolute atomic E-state index is 13.3. The highest BCUT2D eigenvalue weighted by Crippen LogP contribution is 2.29. The zero-order chi connectivity index (χ0) is 16.9. The number of nitrogens with zero attached hydrogens (tertiary/aromatic N) is 1. The van der Waals surface area contributed by atoms with Crippen molar-refractivity contribution >= 4 is 22.4 Å². The molecule has 0 aromatic heterocycles. The van der Waals surface area contributed by atoms with Crippen LogP contribution in [-0.4, -0.2) is 41.8 Å². The molecule has 0 saturated carbocycles. The Kier molecular flexibility index (Phi) is 7.57. The third kappa shape index (κ3) is 4.88. The van der Waals surface area contributed by atoms with Crippen LogP contribution in [-0.2, 0) is 14.8 Å². The Hall–Kier alpha value is -1.24. The van der Waals surface area contributed by atoms with Gasteiger partial charge in [0.2, 0.25) is 10.0 Å². The van der Waals surface area contributed by atoms with Gasteiger partial charge in [0.1, 0.15) is 11.9 Å². The molecule has 0 atom stereocenters. The smallest absolute Gasteiger partial charge is 0.240 e. The molecule has 0 bridgehead atoms. The number of hydrogen-bond acceptors (Lipinski definition) is 5. The summed E-state index contributed by atoms with van der Waals surface area (Å²) < 4.78 is 46.0.